The lowest BCUT2D eigenvalue weighted by atomic mass is 9.94. The Hall–Kier alpha value is -1.84. The number of benzene rings is 1. The fourth-order valence-electron chi connectivity index (χ4n) is 1.92. The number of carbonyl (C=O) groups excluding carboxylic acids is 2. The van der Waals surface area contributed by atoms with Crippen LogP contribution in [0.5, 0.6) is 0 Å². The molecule has 15 heavy (non-hydrogen) atoms. The minimum absolute atomic E-state index is 0.448. The van der Waals surface area contributed by atoms with E-state index in [4.69, 9.17) is 5.73 Å². The molecule has 0 saturated carbocycles. The number of hydrogen-bond acceptors (Lipinski definition) is 2. The van der Waals surface area contributed by atoms with E-state index in [1.165, 1.54) is 4.90 Å². The van der Waals surface area contributed by atoms with Crippen molar-refractivity contribution in [2.45, 2.75) is 19.0 Å². The molecule has 0 aromatic heterocycles. The third-order valence-corrected chi connectivity index (χ3v) is 2.75. The number of primary amides is 1. The van der Waals surface area contributed by atoms with Crippen molar-refractivity contribution in [1.82, 2.24) is 4.90 Å². The number of hydrogen-bond donors (Lipinski definition) is 1. The van der Waals surface area contributed by atoms with Crippen LogP contribution in [0.1, 0.15) is 11.1 Å². The highest BCUT2D eigenvalue weighted by Crippen LogP contribution is 2.21. The Kier molecular flexibility index (Phi) is 2.41. The molecule has 2 rings (SSSR count). The maximum atomic E-state index is 11.2. The summed E-state index contributed by atoms with van der Waals surface area (Å²) in [6, 6.07) is 7.27. The van der Waals surface area contributed by atoms with Gasteiger partial charge in [-0.1, -0.05) is 24.3 Å². The molecule has 1 aliphatic heterocycles. The van der Waals surface area contributed by atoms with Gasteiger partial charge in [-0.3, -0.25) is 9.59 Å². The highest BCUT2D eigenvalue weighted by atomic mass is 16.2. The molecule has 0 saturated heterocycles. The van der Waals surface area contributed by atoms with E-state index in [2.05, 4.69) is 0 Å². The first-order valence-electron chi connectivity index (χ1n) is 4.79. The van der Waals surface area contributed by atoms with Crippen LogP contribution >= 0.6 is 0 Å². The fraction of sp³-hybridized carbons (Fsp3) is 0.273. The van der Waals surface area contributed by atoms with E-state index in [1.807, 2.05) is 24.3 Å². The van der Waals surface area contributed by atoms with Gasteiger partial charge in [-0.05, 0) is 11.1 Å². The Labute approximate surface area is 87.7 Å². The zero-order valence-electron chi connectivity index (χ0n) is 8.22. The van der Waals surface area contributed by atoms with Gasteiger partial charge >= 0.3 is 0 Å². The summed E-state index contributed by atoms with van der Waals surface area (Å²) in [6.45, 7) is 0.466. The molecule has 78 valence electrons. The molecule has 2 amide bonds. The van der Waals surface area contributed by atoms with Crippen LogP contribution < -0.4 is 5.73 Å². The second-order valence-corrected chi connectivity index (χ2v) is 3.67. The van der Waals surface area contributed by atoms with Crippen molar-refractivity contribution in [1.29, 1.82) is 0 Å². The second kappa shape index (κ2) is 3.73. The highest BCUT2D eigenvalue weighted by Gasteiger charge is 2.28. The molecule has 1 aromatic rings. The largest absolute Gasteiger partial charge is 0.368 e. The Morgan fingerprint density at radius 3 is 2.67 bits per heavy atom. The Morgan fingerprint density at radius 1 is 1.40 bits per heavy atom. The Morgan fingerprint density at radius 2 is 2.07 bits per heavy atom. The molecular formula is C11H12N2O2. The summed E-state index contributed by atoms with van der Waals surface area (Å²) in [5.41, 5.74) is 7.43. The van der Waals surface area contributed by atoms with Crippen LogP contribution in [0.3, 0.4) is 0 Å². The van der Waals surface area contributed by atoms with Gasteiger partial charge in [0, 0.05) is 13.0 Å². The van der Waals surface area contributed by atoms with Gasteiger partial charge in [0.15, 0.2) is 0 Å². The van der Waals surface area contributed by atoms with E-state index in [-0.39, 0.29) is 0 Å². The van der Waals surface area contributed by atoms with Gasteiger partial charge in [-0.25, -0.2) is 0 Å². The molecule has 1 atom stereocenters. The van der Waals surface area contributed by atoms with Crippen molar-refractivity contribution in [3.63, 3.8) is 0 Å². The molecule has 0 radical (unpaired) electrons. The second-order valence-electron chi connectivity index (χ2n) is 3.67. The van der Waals surface area contributed by atoms with Crippen LogP contribution in [-0.2, 0) is 22.6 Å². The minimum Gasteiger partial charge on any atom is -0.368 e. The monoisotopic (exact) mass is 204 g/mol. The Balaban J connectivity index is 2.34. The van der Waals surface area contributed by atoms with Gasteiger partial charge in [-0.2, -0.15) is 0 Å². The van der Waals surface area contributed by atoms with Crippen molar-refractivity contribution < 1.29 is 9.59 Å². The molecule has 1 heterocycles. The summed E-state index contributed by atoms with van der Waals surface area (Å²) in [7, 11) is 0. The van der Waals surface area contributed by atoms with Crippen molar-refractivity contribution >= 4 is 12.3 Å². The first-order chi connectivity index (χ1) is 7.22. The summed E-state index contributed by atoms with van der Waals surface area (Å²) in [6.07, 6.45) is 1.20. The number of amides is 2. The summed E-state index contributed by atoms with van der Waals surface area (Å²) >= 11 is 0. The van der Waals surface area contributed by atoms with Crippen LogP contribution in [0.4, 0.5) is 0 Å². The molecular weight excluding hydrogens is 192 g/mol. The van der Waals surface area contributed by atoms with Gasteiger partial charge in [0.2, 0.25) is 12.3 Å². The summed E-state index contributed by atoms with van der Waals surface area (Å²) in [5, 5.41) is 0. The van der Waals surface area contributed by atoms with Gasteiger partial charge in [0.05, 0.1) is 0 Å². The molecule has 0 fully saturated rings. The first-order valence-corrected chi connectivity index (χ1v) is 4.79. The number of nitrogens with zero attached hydrogens (tertiary/aromatic N) is 1. The van der Waals surface area contributed by atoms with Crippen molar-refractivity contribution in [3.05, 3.63) is 35.4 Å². The molecule has 4 heteroatoms. The molecule has 4 nitrogen and oxygen atoms in total. The lowest BCUT2D eigenvalue weighted by Crippen LogP contribution is -2.47. The van der Waals surface area contributed by atoms with E-state index in [9.17, 15) is 9.59 Å². The van der Waals surface area contributed by atoms with E-state index in [0.29, 0.717) is 19.4 Å². The number of rotatable bonds is 2. The summed E-state index contributed by atoms with van der Waals surface area (Å²) in [4.78, 5) is 23.4. The fourth-order valence-corrected chi connectivity index (χ4v) is 1.92. The topological polar surface area (TPSA) is 63.4 Å². The average Bonchev–Trinajstić information content (AvgIpc) is 2.27. The minimum atomic E-state index is -0.502. The zero-order chi connectivity index (χ0) is 10.8. The zero-order valence-corrected chi connectivity index (χ0v) is 8.22. The molecule has 0 bridgehead atoms. The quantitative estimate of drug-likeness (QED) is 0.692. The standard InChI is InChI=1S/C11H12N2O2/c12-11(15)10-5-8-3-1-2-4-9(8)6-13(10)7-14/h1-4,7,10H,5-6H2,(H2,12,15). The molecule has 2 N–H and O–H groups in total. The molecule has 1 aromatic carbocycles. The number of fused-ring (bicyclic) bond motifs is 1. The predicted molar refractivity (Wildman–Crippen MR) is 54.7 cm³/mol. The normalized spacial score (nSPS) is 19.5. The van der Waals surface area contributed by atoms with Crippen LogP contribution in [0.15, 0.2) is 24.3 Å². The van der Waals surface area contributed by atoms with Gasteiger partial charge in [0.25, 0.3) is 0 Å². The van der Waals surface area contributed by atoms with Crippen molar-refractivity contribution in [2.75, 3.05) is 0 Å². The van der Waals surface area contributed by atoms with E-state index in [1.54, 1.807) is 0 Å². The lowest BCUT2D eigenvalue weighted by molar-refractivity contribution is -0.131. The van der Waals surface area contributed by atoms with Gasteiger partial charge in [0.1, 0.15) is 6.04 Å². The highest BCUT2D eigenvalue weighted by molar-refractivity contribution is 5.82. The average molecular weight is 204 g/mol. The van der Waals surface area contributed by atoms with Gasteiger partial charge in [-0.15, -0.1) is 0 Å². The molecule has 0 aliphatic carbocycles. The maximum absolute atomic E-state index is 11.2. The van der Waals surface area contributed by atoms with Crippen LogP contribution in [-0.4, -0.2) is 23.3 Å². The van der Waals surface area contributed by atoms with E-state index >= 15 is 0 Å². The van der Waals surface area contributed by atoms with E-state index in [0.717, 1.165) is 11.1 Å². The Bertz CT molecular complexity index is 403. The van der Waals surface area contributed by atoms with Crippen molar-refractivity contribution in [2.24, 2.45) is 5.73 Å². The summed E-state index contributed by atoms with van der Waals surface area (Å²) < 4.78 is 0. The van der Waals surface area contributed by atoms with Crippen LogP contribution in [0.2, 0.25) is 0 Å². The predicted octanol–water partition coefficient (Wildman–Crippen LogP) is 0.0550. The van der Waals surface area contributed by atoms with E-state index < -0.39 is 11.9 Å². The molecule has 1 unspecified atom stereocenters. The SMILES string of the molecule is NC(=O)C1Cc2ccccc2CN1C=O. The van der Waals surface area contributed by atoms with Crippen molar-refractivity contribution in [3.8, 4) is 0 Å². The van der Waals surface area contributed by atoms with Crippen LogP contribution in [0, 0.1) is 0 Å². The first kappa shape index (κ1) is 9.71. The number of carbonyl (C=O) groups is 2. The third-order valence-electron chi connectivity index (χ3n) is 2.75. The van der Waals surface area contributed by atoms with Crippen LogP contribution in [0.25, 0.3) is 0 Å². The smallest absolute Gasteiger partial charge is 0.240 e. The molecule has 1 aliphatic rings. The van der Waals surface area contributed by atoms with Gasteiger partial charge < -0.3 is 10.6 Å². The number of nitrogens with two attached hydrogens (primary N) is 1. The lowest BCUT2D eigenvalue weighted by Gasteiger charge is -2.31. The molecule has 0 spiro atoms. The maximum Gasteiger partial charge on any atom is 0.240 e. The third kappa shape index (κ3) is 1.70. The summed E-state index contributed by atoms with van der Waals surface area (Å²) in [5.74, 6) is -0.448.